The average molecular weight is 512 g/mol. The van der Waals surface area contributed by atoms with E-state index >= 15 is 0 Å². The Balaban J connectivity index is 1.34. The molecule has 0 atom stereocenters. The number of carbonyl (C=O) groups excluding carboxylic acids is 2. The Kier molecular flexibility index (Phi) is 9.86. The van der Waals surface area contributed by atoms with Crippen LogP contribution in [0.4, 0.5) is 11.6 Å². The molecule has 1 aliphatic rings. The summed E-state index contributed by atoms with van der Waals surface area (Å²) in [4.78, 5) is 45.6. The molecule has 0 aliphatic carbocycles. The highest BCUT2D eigenvalue weighted by atomic mass is 17.2. The number of nitrogens with zero attached hydrogens (tertiary/aromatic N) is 3. The van der Waals surface area contributed by atoms with E-state index in [1.807, 2.05) is 38.1 Å². The summed E-state index contributed by atoms with van der Waals surface area (Å²) in [5.74, 6) is 0.0747. The molecule has 1 aliphatic heterocycles. The van der Waals surface area contributed by atoms with E-state index < -0.39 is 11.6 Å². The summed E-state index contributed by atoms with van der Waals surface area (Å²) in [6, 6.07) is 9.80. The number of rotatable bonds is 11. The van der Waals surface area contributed by atoms with Crippen molar-refractivity contribution in [3.05, 3.63) is 48.3 Å². The fourth-order valence-electron chi connectivity index (χ4n) is 4.71. The minimum absolute atomic E-state index is 0.0606. The van der Waals surface area contributed by atoms with Crippen LogP contribution in [-0.4, -0.2) is 53.1 Å². The number of anilines is 2. The number of nitrogens with one attached hydrogen (secondary N) is 2. The van der Waals surface area contributed by atoms with Crippen molar-refractivity contribution < 1.29 is 19.4 Å². The summed E-state index contributed by atoms with van der Waals surface area (Å²) in [5, 5.41) is 6.26. The summed E-state index contributed by atoms with van der Waals surface area (Å²) < 4.78 is 0. The monoisotopic (exact) mass is 511 g/mol. The first-order valence-corrected chi connectivity index (χ1v) is 13.1. The zero-order valence-corrected chi connectivity index (χ0v) is 22.8. The fourth-order valence-corrected chi connectivity index (χ4v) is 4.71. The maximum absolute atomic E-state index is 12.5. The Labute approximate surface area is 220 Å². The molecular formula is C28H41N5O4. The molecule has 0 saturated carbocycles. The number of benzene rings is 1. The van der Waals surface area contributed by atoms with Crippen LogP contribution in [0.2, 0.25) is 0 Å². The lowest BCUT2D eigenvalue weighted by Gasteiger charge is -2.34. The van der Waals surface area contributed by atoms with E-state index in [9.17, 15) is 9.59 Å². The standard InChI is InChI=1S/C28H41N5O4/c1-27(2,3)20-28(4,5)37-36-24(34)8-6-15-29-25(35)21-9-11-23(12-10-21)33-18-13-22(14-19-33)32-26-30-16-7-17-31-26/h7,9-12,16-17,22H,6,8,13-15,18-20H2,1-5H3,(H,29,35)(H,30,31,32). The van der Waals surface area contributed by atoms with Crippen LogP contribution in [0.3, 0.4) is 0 Å². The number of carbonyl (C=O) groups is 2. The number of aromatic nitrogens is 2. The normalized spacial score (nSPS) is 14.8. The van der Waals surface area contributed by atoms with Gasteiger partial charge in [0, 0.05) is 49.3 Å². The van der Waals surface area contributed by atoms with Gasteiger partial charge in [0.15, 0.2) is 0 Å². The highest BCUT2D eigenvalue weighted by Crippen LogP contribution is 2.29. The second-order valence-corrected chi connectivity index (χ2v) is 11.4. The van der Waals surface area contributed by atoms with Gasteiger partial charge in [0.25, 0.3) is 5.91 Å². The maximum Gasteiger partial charge on any atom is 0.342 e. The van der Waals surface area contributed by atoms with Crippen LogP contribution in [0, 0.1) is 5.41 Å². The van der Waals surface area contributed by atoms with E-state index in [4.69, 9.17) is 9.78 Å². The highest BCUT2D eigenvalue weighted by Gasteiger charge is 2.28. The van der Waals surface area contributed by atoms with Crippen molar-refractivity contribution in [1.82, 2.24) is 15.3 Å². The highest BCUT2D eigenvalue weighted by molar-refractivity contribution is 5.94. The largest absolute Gasteiger partial charge is 0.371 e. The van der Waals surface area contributed by atoms with Crippen molar-refractivity contribution in [1.29, 1.82) is 0 Å². The van der Waals surface area contributed by atoms with Crippen molar-refractivity contribution in [3.63, 3.8) is 0 Å². The van der Waals surface area contributed by atoms with Gasteiger partial charge in [-0.15, -0.1) is 0 Å². The molecule has 1 aromatic carbocycles. The molecule has 0 unspecified atom stereocenters. The fraction of sp³-hybridized carbons (Fsp3) is 0.571. The van der Waals surface area contributed by atoms with Crippen molar-refractivity contribution in [2.75, 3.05) is 29.9 Å². The lowest BCUT2D eigenvalue weighted by atomic mass is 9.84. The molecule has 1 aromatic heterocycles. The second-order valence-electron chi connectivity index (χ2n) is 11.4. The van der Waals surface area contributed by atoms with Gasteiger partial charge in [0.2, 0.25) is 5.95 Å². The molecule has 2 aromatic rings. The van der Waals surface area contributed by atoms with Crippen molar-refractivity contribution in [2.45, 2.75) is 78.4 Å². The average Bonchev–Trinajstić information content (AvgIpc) is 2.85. The first-order valence-electron chi connectivity index (χ1n) is 13.1. The summed E-state index contributed by atoms with van der Waals surface area (Å²) in [7, 11) is 0. The molecule has 202 valence electrons. The van der Waals surface area contributed by atoms with Gasteiger partial charge in [0.05, 0.1) is 6.42 Å². The third-order valence-corrected chi connectivity index (χ3v) is 6.05. The maximum atomic E-state index is 12.5. The van der Waals surface area contributed by atoms with Crippen LogP contribution in [0.25, 0.3) is 0 Å². The minimum Gasteiger partial charge on any atom is -0.371 e. The predicted molar refractivity (Wildman–Crippen MR) is 144 cm³/mol. The summed E-state index contributed by atoms with van der Waals surface area (Å²) in [6.07, 6.45) is 6.85. The number of piperidine rings is 1. The van der Waals surface area contributed by atoms with Gasteiger partial charge in [-0.3, -0.25) is 9.68 Å². The third kappa shape index (κ3) is 9.99. The quantitative estimate of drug-likeness (QED) is 0.253. The van der Waals surface area contributed by atoms with E-state index in [0.717, 1.165) is 38.0 Å². The zero-order chi connectivity index (χ0) is 26.9. The van der Waals surface area contributed by atoms with E-state index in [0.29, 0.717) is 30.5 Å². The van der Waals surface area contributed by atoms with Crippen molar-refractivity contribution in [3.8, 4) is 0 Å². The van der Waals surface area contributed by atoms with E-state index in [1.54, 1.807) is 18.5 Å². The van der Waals surface area contributed by atoms with Crippen LogP contribution < -0.4 is 15.5 Å². The first-order chi connectivity index (χ1) is 17.5. The molecule has 1 fully saturated rings. The zero-order valence-electron chi connectivity index (χ0n) is 22.8. The molecule has 37 heavy (non-hydrogen) atoms. The van der Waals surface area contributed by atoms with Gasteiger partial charge in [-0.25, -0.2) is 14.8 Å². The molecule has 1 amide bonds. The Hall–Kier alpha value is -3.20. The first kappa shape index (κ1) is 28.4. The van der Waals surface area contributed by atoms with Gasteiger partial charge < -0.3 is 15.5 Å². The minimum atomic E-state index is -0.557. The van der Waals surface area contributed by atoms with Crippen LogP contribution in [-0.2, 0) is 14.6 Å². The predicted octanol–water partition coefficient (Wildman–Crippen LogP) is 4.76. The van der Waals surface area contributed by atoms with E-state index in [-0.39, 0.29) is 17.7 Å². The van der Waals surface area contributed by atoms with E-state index in [1.165, 1.54) is 0 Å². The van der Waals surface area contributed by atoms with Crippen LogP contribution in [0.5, 0.6) is 0 Å². The SMILES string of the molecule is CC(C)(C)CC(C)(C)OOC(=O)CCCNC(=O)c1ccc(N2CCC(Nc3ncccn3)CC2)cc1. The molecule has 1 saturated heterocycles. The van der Waals surface area contributed by atoms with Crippen LogP contribution >= 0.6 is 0 Å². The summed E-state index contributed by atoms with van der Waals surface area (Å²) >= 11 is 0. The molecule has 9 nitrogen and oxygen atoms in total. The van der Waals surface area contributed by atoms with Crippen molar-refractivity contribution >= 4 is 23.5 Å². The van der Waals surface area contributed by atoms with Gasteiger partial charge in [-0.05, 0) is 75.3 Å². The second kappa shape index (κ2) is 12.9. The Bertz CT molecular complexity index is 997. The third-order valence-electron chi connectivity index (χ3n) is 6.05. The Morgan fingerprint density at radius 3 is 2.30 bits per heavy atom. The summed E-state index contributed by atoms with van der Waals surface area (Å²) in [6.45, 7) is 12.4. The van der Waals surface area contributed by atoms with Gasteiger partial charge in [-0.1, -0.05) is 20.8 Å². The molecular weight excluding hydrogens is 470 g/mol. The number of hydrogen-bond acceptors (Lipinski definition) is 8. The summed E-state index contributed by atoms with van der Waals surface area (Å²) in [5.41, 5.74) is 1.20. The topological polar surface area (TPSA) is 106 Å². The van der Waals surface area contributed by atoms with Gasteiger partial charge in [0.1, 0.15) is 5.60 Å². The molecule has 3 rings (SSSR count). The molecule has 0 radical (unpaired) electrons. The Morgan fingerprint density at radius 2 is 1.68 bits per heavy atom. The van der Waals surface area contributed by atoms with E-state index in [2.05, 4.69) is 46.3 Å². The smallest absolute Gasteiger partial charge is 0.342 e. The molecule has 0 spiro atoms. The molecule has 2 heterocycles. The van der Waals surface area contributed by atoms with Crippen LogP contribution in [0.1, 0.15) is 77.1 Å². The van der Waals surface area contributed by atoms with Crippen LogP contribution in [0.15, 0.2) is 42.7 Å². The number of hydrogen-bond donors (Lipinski definition) is 2. The lowest BCUT2D eigenvalue weighted by molar-refractivity contribution is -0.329. The molecule has 9 heteroatoms. The lowest BCUT2D eigenvalue weighted by Crippen LogP contribution is -2.39. The van der Waals surface area contributed by atoms with Gasteiger partial charge >= 0.3 is 5.97 Å². The molecule has 0 bridgehead atoms. The molecule has 2 N–H and O–H groups in total. The number of amides is 1. The Morgan fingerprint density at radius 1 is 1.03 bits per heavy atom. The van der Waals surface area contributed by atoms with Crippen molar-refractivity contribution in [2.24, 2.45) is 5.41 Å². The van der Waals surface area contributed by atoms with Gasteiger partial charge in [-0.2, -0.15) is 4.89 Å².